The Bertz CT molecular complexity index is 822. The summed E-state index contributed by atoms with van der Waals surface area (Å²) in [5.41, 5.74) is -0.525. The van der Waals surface area contributed by atoms with Crippen LogP contribution >= 0.6 is 0 Å². The van der Waals surface area contributed by atoms with E-state index in [-0.39, 0.29) is 23.9 Å². The molecule has 0 saturated heterocycles. The van der Waals surface area contributed by atoms with Crippen molar-refractivity contribution in [2.24, 2.45) is 0 Å². The molecule has 2 atom stereocenters. The average molecular weight is 494 g/mol. The molecule has 1 aromatic rings. The van der Waals surface area contributed by atoms with Gasteiger partial charge in [-0.2, -0.15) is 0 Å². The Kier molecular flexibility index (Phi) is 12.6. The lowest BCUT2D eigenvalue weighted by Crippen LogP contribution is -2.55. The summed E-state index contributed by atoms with van der Waals surface area (Å²) in [4.78, 5) is 40.6. The first-order valence-corrected chi connectivity index (χ1v) is 12.4. The highest BCUT2D eigenvalue weighted by molar-refractivity contribution is 5.92. The zero-order valence-corrected chi connectivity index (χ0v) is 22.0. The van der Waals surface area contributed by atoms with Crippen molar-refractivity contribution in [1.29, 1.82) is 0 Å². The number of aromatic hydroxyl groups is 1. The molecule has 9 heteroatoms. The molecule has 1 rings (SSSR count). The van der Waals surface area contributed by atoms with Crippen LogP contribution in [0.25, 0.3) is 0 Å². The number of nitrogens with zero attached hydrogens (tertiary/aromatic N) is 1. The fourth-order valence-corrected chi connectivity index (χ4v) is 3.62. The lowest BCUT2D eigenvalue weighted by Gasteiger charge is -2.34. The van der Waals surface area contributed by atoms with E-state index in [9.17, 15) is 24.6 Å². The van der Waals surface area contributed by atoms with Crippen molar-refractivity contribution in [2.75, 3.05) is 13.2 Å². The number of benzene rings is 1. The fraction of sp³-hybridized carbons (Fsp3) is 0.654. The molecule has 4 N–H and O–H groups in total. The lowest BCUT2D eigenvalue weighted by atomic mass is 10.0. The number of para-hydroxylation sites is 1. The predicted octanol–water partition coefficient (Wildman–Crippen LogP) is 3.64. The first-order chi connectivity index (χ1) is 16.4. The SMILES string of the molecule is CCCCCCCN(C(=O)C(CO)NC(=O)OC(C)(C)C)C(C(=O)NC(C)C)c1ccccc1O. The van der Waals surface area contributed by atoms with Crippen LogP contribution in [-0.2, 0) is 14.3 Å². The normalized spacial score (nSPS) is 13.1. The minimum atomic E-state index is -1.32. The zero-order chi connectivity index (χ0) is 26.6. The van der Waals surface area contributed by atoms with Crippen molar-refractivity contribution in [3.05, 3.63) is 29.8 Å². The maximum atomic E-state index is 13.6. The van der Waals surface area contributed by atoms with Crippen LogP contribution in [0.4, 0.5) is 4.79 Å². The van der Waals surface area contributed by atoms with Gasteiger partial charge in [-0.25, -0.2) is 4.79 Å². The van der Waals surface area contributed by atoms with Crippen LogP contribution in [-0.4, -0.2) is 63.9 Å². The number of unbranched alkanes of at least 4 members (excludes halogenated alkanes) is 4. The molecule has 1 aromatic carbocycles. The smallest absolute Gasteiger partial charge is 0.408 e. The fourth-order valence-electron chi connectivity index (χ4n) is 3.62. The second-order valence-electron chi connectivity index (χ2n) is 9.95. The number of aliphatic hydroxyl groups is 1. The highest BCUT2D eigenvalue weighted by Crippen LogP contribution is 2.30. The summed E-state index contributed by atoms with van der Waals surface area (Å²) in [5.74, 6) is -1.22. The van der Waals surface area contributed by atoms with Crippen LogP contribution in [0.5, 0.6) is 5.75 Å². The molecule has 0 fully saturated rings. The summed E-state index contributed by atoms with van der Waals surface area (Å²) >= 11 is 0. The Balaban J connectivity index is 3.35. The Morgan fingerprint density at radius 1 is 1.03 bits per heavy atom. The number of phenols is 1. The molecule has 0 bridgehead atoms. The van der Waals surface area contributed by atoms with Gasteiger partial charge in [0.1, 0.15) is 23.4 Å². The van der Waals surface area contributed by atoms with Crippen LogP contribution in [0.1, 0.15) is 85.3 Å². The van der Waals surface area contributed by atoms with Crippen molar-refractivity contribution in [3.63, 3.8) is 0 Å². The number of hydrogen-bond donors (Lipinski definition) is 4. The summed E-state index contributed by atoms with van der Waals surface area (Å²) in [6.07, 6.45) is 3.72. The molecule has 198 valence electrons. The molecule has 0 aliphatic rings. The molecule has 9 nitrogen and oxygen atoms in total. The molecule has 0 saturated carbocycles. The van der Waals surface area contributed by atoms with Gasteiger partial charge in [0.2, 0.25) is 11.8 Å². The Morgan fingerprint density at radius 2 is 1.66 bits per heavy atom. The van der Waals surface area contributed by atoms with E-state index in [1.807, 2.05) is 0 Å². The highest BCUT2D eigenvalue weighted by Gasteiger charge is 2.37. The van der Waals surface area contributed by atoms with Crippen molar-refractivity contribution < 1.29 is 29.3 Å². The van der Waals surface area contributed by atoms with E-state index in [0.29, 0.717) is 6.42 Å². The third-order valence-corrected chi connectivity index (χ3v) is 5.18. The quantitative estimate of drug-likeness (QED) is 0.311. The molecule has 0 spiro atoms. The van der Waals surface area contributed by atoms with Crippen molar-refractivity contribution in [2.45, 2.75) is 97.4 Å². The number of alkyl carbamates (subject to hydrolysis) is 1. The number of ether oxygens (including phenoxy) is 1. The molecule has 0 aliphatic carbocycles. The van der Waals surface area contributed by atoms with E-state index >= 15 is 0 Å². The van der Waals surface area contributed by atoms with Gasteiger partial charge < -0.3 is 30.5 Å². The summed E-state index contributed by atoms with van der Waals surface area (Å²) in [6, 6.07) is 3.69. The van der Waals surface area contributed by atoms with Crippen LogP contribution in [0.15, 0.2) is 24.3 Å². The van der Waals surface area contributed by atoms with Crippen LogP contribution in [0.3, 0.4) is 0 Å². The molecular formula is C26H43N3O6. The third kappa shape index (κ3) is 10.5. The van der Waals surface area contributed by atoms with Gasteiger partial charge in [-0.3, -0.25) is 9.59 Å². The molecule has 0 heterocycles. The maximum Gasteiger partial charge on any atom is 0.408 e. The number of amides is 3. The number of hydrogen-bond acceptors (Lipinski definition) is 6. The van der Waals surface area contributed by atoms with Gasteiger partial charge in [0.05, 0.1) is 6.61 Å². The predicted molar refractivity (Wildman–Crippen MR) is 135 cm³/mol. The zero-order valence-electron chi connectivity index (χ0n) is 22.0. The van der Waals surface area contributed by atoms with E-state index in [0.717, 1.165) is 25.7 Å². The average Bonchev–Trinajstić information content (AvgIpc) is 2.75. The van der Waals surface area contributed by atoms with E-state index in [4.69, 9.17) is 4.74 Å². The molecule has 0 radical (unpaired) electrons. The van der Waals surface area contributed by atoms with Crippen molar-refractivity contribution >= 4 is 17.9 Å². The number of carbonyl (C=O) groups excluding carboxylic acids is 3. The Hall–Kier alpha value is -2.81. The Morgan fingerprint density at radius 3 is 2.20 bits per heavy atom. The lowest BCUT2D eigenvalue weighted by molar-refractivity contribution is -0.143. The Labute approximate surface area is 209 Å². The molecular weight excluding hydrogens is 450 g/mol. The second kappa shape index (κ2) is 14.6. The first-order valence-electron chi connectivity index (χ1n) is 12.4. The second-order valence-corrected chi connectivity index (χ2v) is 9.95. The highest BCUT2D eigenvalue weighted by atomic mass is 16.6. The van der Waals surface area contributed by atoms with Crippen molar-refractivity contribution in [1.82, 2.24) is 15.5 Å². The third-order valence-electron chi connectivity index (χ3n) is 5.18. The van der Waals surface area contributed by atoms with E-state index < -0.39 is 42.2 Å². The van der Waals surface area contributed by atoms with E-state index in [1.165, 1.54) is 11.0 Å². The molecule has 0 aromatic heterocycles. The van der Waals surface area contributed by atoms with Gasteiger partial charge in [-0.15, -0.1) is 0 Å². The summed E-state index contributed by atoms with van der Waals surface area (Å²) in [7, 11) is 0. The topological polar surface area (TPSA) is 128 Å². The number of carbonyl (C=O) groups is 3. The van der Waals surface area contributed by atoms with Crippen LogP contribution in [0.2, 0.25) is 0 Å². The first kappa shape index (κ1) is 30.2. The molecule has 35 heavy (non-hydrogen) atoms. The monoisotopic (exact) mass is 493 g/mol. The van der Waals surface area contributed by atoms with E-state index in [2.05, 4.69) is 17.6 Å². The number of rotatable bonds is 13. The van der Waals surface area contributed by atoms with Gasteiger partial charge in [-0.1, -0.05) is 50.8 Å². The largest absolute Gasteiger partial charge is 0.508 e. The molecule has 2 unspecified atom stereocenters. The van der Waals surface area contributed by atoms with Crippen molar-refractivity contribution in [3.8, 4) is 5.75 Å². The minimum absolute atomic E-state index is 0.124. The standard InChI is InChI=1S/C26H43N3O6/c1-7-8-9-10-13-16-29(24(33)20(17-30)28-25(34)35-26(4,5)6)22(23(32)27-18(2)3)19-14-11-12-15-21(19)31/h11-12,14-15,18,20,22,30-31H,7-10,13,16-17H2,1-6H3,(H,27,32)(H,28,34). The summed E-state index contributed by atoms with van der Waals surface area (Å²) < 4.78 is 5.24. The van der Waals surface area contributed by atoms with E-state index in [1.54, 1.807) is 52.8 Å². The molecule has 3 amide bonds. The van der Waals surface area contributed by atoms with Gasteiger partial charge in [-0.05, 0) is 47.1 Å². The van der Waals surface area contributed by atoms with Gasteiger partial charge in [0.15, 0.2) is 0 Å². The van der Waals surface area contributed by atoms with Gasteiger partial charge in [0.25, 0.3) is 0 Å². The molecule has 0 aliphatic heterocycles. The number of phenolic OH excluding ortho intramolecular Hbond substituents is 1. The maximum absolute atomic E-state index is 13.6. The van der Waals surface area contributed by atoms with Crippen LogP contribution < -0.4 is 10.6 Å². The van der Waals surface area contributed by atoms with Crippen LogP contribution in [0, 0.1) is 0 Å². The minimum Gasteiger partial charge on any atom is -0.508 e. The summed E-state index contributed by atoms with van der Waals surface area (Å²) in [5, 5.41) is 25.7. The summed E-state index contributed by atoms with van der Waals surface area (Å²) in [6.45, 7) is 10.3. The number of aliphatic hydroxyl groups excluding tert-OH is 1. The van der Waals surface area contributed by atoms with Gasteiger partial charge >= 0.3 is 6.09 Å². The number of nitrogens with one attached hydrogen (secondary N) is 2. The van der Waals surface area contributed by atoms with Gasteiger partial charge in [0, 0.05) is 18.2 Å².